The van der Waals surface area contributed by atoms with Gasteiger partial charge in [0.25, 0.3) is 5.56 Å². The number of benzene rings is 1. The zero-order chi connectivity index (χ0) is 19.6. The fourth-order valence-electron chi connectivity index (χ4n) is 2.57. The molecular weight excluding hydrogens is 402 g/mol. The third-order valence-corrected chi connectivity index (χ3v) is 6.36. The van der Waals surface area contributed by atoms with E-state index in [4.69, 9.17) is 11.6 Å². The van der Waals surface area contributed by atoms with Crippen LogP contribution in [0.1, 0.15) is 10.4 Å². The number of carbonyl (C=O) groups excluding carboxylic acids is 1. The molecule has 0 saturated heterocycles. The van der Waals surface area contributed by atoms with Crippen LogP contribution in [0.4, 0.5) is 5.69 Å². The van der Waals surface area contributed by atoms with Gasteiger partial charge in [0.15, 0.2) is 5.16 Å². The number of fused-ring (bicyclic) bond motifs is 1. The number of carbonyl (C=O) groups is 1. The van der Waals surface area contributed by atoms with Gasteiger partial charge in [-0.25, -0.2) is 4.98 Å². The summed E-state index contributed by atoms with van der Waals surface area (Å²) in [4.78, 5) is 31.5. The summed E-state index contributed by atoms with van der Waals surface area (Å²) in [6, 6.07) is 6.89. The highest BCUT2D eigenvalue weighted by molar-refractivity contribution is 7.99. The summed E-state index contributed by atoms with van der Waals surface area (Å²) in [7, 11) is 0. The second-order valence-electron chi connectivity index (χ2n) is 5.91. The van der Waals surface area contributed by atoms with Gasteiger partial charge in [0, 0.05) is 22.1 Å². The number of thioether (sulfide) groups is 1. The van der Waals surface area contributed by atoms with Crippen LogP contribution in [0.15, 0.2) is 46.9 Å². The quantitative estimate of drug-likeness (QED) is 0.359. The highest BCUT2D eigenvalue weighted by Crippen LogP contribution is 2.28. The molecule has 0 bridgehead atoms. The Morgan fingerprint density at radius 1 is 1.37 bits per heavy atom. The minimum Gasteiger partial charge on any atom is -0.325 e. The third-order valence-electron chi connectivity index (χ3n) is 4.03. The summed E-state index contributed by atoms with van der Waals surface area (Å²) in [5.41, 5.74) is 1.53. The number of hydrogen-bond acceptors (Lipinski definition) is 5. The number of allylic oxidation sites excluding steroid dienone is 1. The summed E-state index contributed by atoms with van der Waals surface area (Å²) in [5, 5.41) is 4.57. The summed E-state index contributed by atoms with van der Waals surface area (Å²) >= 11 is 8.58. The van der Waals surface area contributed by atoms with Gasteiger partial charge in [0.2, 0.25) is 5.91 Å². The second kappa shape index (κ2) is 8.29. The van der Waals surface area contributed by atoms with Crippen LogP contribution in [0.3, 0.4) is 0 Å². The maximum atomic E-state index is 12.9. The van der Waals surface area contributed by atoms with Crippen LogP contribution in [-0.4, -0.2) is 21.2 Å². The van der Waals surface area contributed by atoms with Crippen molar-refractivity contribution in [2.24, 2.45) is 0 Å². The zero-order valence-electron chi connectivity index (χ0n) is 14.9. The Bertz CT molecular complexity index is 1070. The van der Waals surface area contributed by atoms with Crippen LogP contribution in [0.25, 0.3) is 10.2 Å². The fourth-order valence-corrected chi connectivity index (χ4v) is 4.57. The van der Waals surface area contributed by atoms with Gasteiger partial charge < -0.3 is 5.32 Å². The van der Waals surface area contributed by atoms with Crippen molar-refractivity contribution in [1.82, 2.24) is 9.55 Å². The van der Waals surface area contributed by atoms with Gasteiger partial charge in [0.05, 0.1) is 11.1 Å². The van der Waals surface area contributed by atoms with Crippen molar-refractivity contribution in [2.45, 2.75) is 25.5 Å². The van der Waals surface area contributed by atoms with Crippen LogP contribution < -0.4 is 10.9 Å². The number of aromatic nitrogens is 2. The molecule has 2 aromatic heterocycles. The van der Waals surface area contributed by atoms with Gasteiger partial charge in [-0.15, -0.1) is 17.9 Å². The summed E-state index contributed by atoms with van der Waals surface area (Å²) in [6.07, 6.45) is 1.65. The molecule has 3 aromatic rings. The lowest BCUT2D eigenvalue weighted by Crippen LogP contribution is -2.23. The summed E-state index contributed by atoms with van der Waals surface area (Å²) in [5.74, 6) is -0.0403. The zero-order valence-corrected chi connectivity index (χ0v) is 17.3. The molecule has 0 radical (unpaired) electrons. The number of thiophene rings is 1. The Balaban J connectivity index is 1.84. The minimum atomic E-state index is -0.180. The maximum Gasteiger partial charge on any atom is 0.263 e. The lowest BCUT2D eigenvalue weighted by atomic mass is 10.2. The van der Waals surface area contributed by atoms with Gasteiger partial charge in [-0.3, -0.25) is 14.2 Å². The van der Waals surface area contributed by atoms with Crippen LogP contribution in [0.5, 0.6) is 0 Å². The molecule has 0 fully saturated rings. The molecule has 0 unspecified atom stereocenters. The third kappa shape index (κ3) is 4.26. The fraction of sp³-hybridized carbons (Fsp3) is 0.211. The lowest BCUT2D eigenvalue weighted by Gasteiger charge is -2.10. The number of hydrogen-bond donors (Lipinski definition) is 1. The molecule has 8 heteroatoms. The van der Waals surface area contributed by atoms with E-state index < -0.39 is 0 Å². The number of aryl methyl sites for hydroxylation is 2. The SMILES string of the molecule is C=CCn1c(SCC(=O)Nc2ccc(Cl)cc2)nc2sc(C)c(C)c2c1=O. The van der Waals surface area contributed by atoms with Crippen LogP contribution in [-0.2, 0) is 11.3 Å². The van der Waals surface area contributed by atoms with Crippen molar-refractivity contribution in [3.05, 3.63) is 62.7 Å². The van der Waals surface area contributed by atoms with E-state index in [0.717, 1.165) is 10.4 Å². The van der Waals surface area contributed by atoms with Crippen molar-refractivity contribution in [3.63, 3.8) is 0 Å². The Kier molecular flexibility index (Phi) is 6.04. The predicted molar refractivity (Wildman–Crippen MR) is 114 cm³/mol. The van der Waals surface area contributed by atoms with Crippen molar-refractivity contribution >= 4 is 56.5 Å². The monoisotopic (exact) mass is 419 g/mol. The van der Waals surface area contributed by atoms with Crippen molar-refractivity contribution in [2.75, 3.05) is 11.1 Å². The number of amides is 1. The van der Waals surface area contributed by atoms with Gasteiger partial charge in [0.1, 0.15) is 4.83 Å². The summed E-state index contributed by atoms with van der Waals surface area (Å²) in [6.45, 7) is 7.97. The molecule has 1 aromatic carbocycles. The summed E-state index contributed by atoms with van der Waals surface area (Å²) < 4.78 is 1.56. The molecule has 27 heavy (non-hydrogen) atoms. The highest BCUT2D eigenvalue weighted by Gasteiger charge is 2.17. The molecule has 1 amide bonds. The first-order valence-electron chi connectivity index (χ1n) is 8.20. The minimum absolute atomic E-state index is 0.0950. The van der Waals surface area contributed by atoms with E-state index >= 15 is 0 Å². The number of rotatable bonds is 6. The maximum absolute atomic E-state index is 12.9. The molecule has 140 valence electrons. The topological polar surface area (TPSA) is 64.0 Å². The smallest absolute Gasteiger partial charge is 0.263 e. The Hall–Kier alpha value is -2.09. The van der Waals surface area contributed by atoms with Gasteiger partial charge in [-0.2, -0.15) is 0 Å². The molecule has 0 aliphatic heterocycles. The van der Waals surface area contributed by atoms with Gasteiger partial charge in [-0.05, 0) is 43.7 Å². The van der Waals surface area contributed by atoms with Crippen molar-refractivity contribution < 1.29 is 4.79 Å². The highest BCUT2D eigenvalue weighted by atomic mass is 35.5. The molecule has 5 nitrogen and oxygen atoms in total. The van der Waals surface area contributed by atoms with E-state index in [1.165, 1.54) is 23.1 Å². The molecule has 0 saturated carbocycles. The van der Waals surface area contributed by atoms with E-state index in [1.54, 1.807) is 34.9 Å². The largest absolute Gasteiger partial charge is 0.325 e. The number of nitrogens with zero attached hydrogens (tertiary/aromatic N) is 2. The number of halogens is 1. The number of anilines is 1. The standard InChI is InChI=1S/C19H18ClN3O2S2/c1-4-9-23-18(25)16-11(2)12(3)27-17(16)22-19(23)26-10-15(24)21-14-7-5-13(20)6-8-14/h4-8H,1,9-10H2,2-3H3,(H,21,24). The van der Waals surface area contributed by atoms with Crippen LogP contribution in [0, 0.1) is 13.8 Å². The molecular formula is C19H18ClN3O2S2. The normalized spacial score (nSPS) is 10.9. The molecule has 2 heterocycles. The van der Waals surface area contributed by atoms with E-state index in [0.29, 0.717) is 32.6 Å². The van der Waals surface area contributed by atoms with E-state index in [2.05, 4.69) is 16.9 Å². The van der Waals surface area contributed by atoms with E-state index in [9.17, 15) is 9.59 Å². The first-order chi connectivity index (χ1) is 12.9. The average molecular weight is 420 g/mol. The van der Waals surface area contributed by atoms with E-state index in [-0.39, 0.29) is 17.2 Å². The molecule has 0 aliphatic rings. The molecule has 1 N–H and O–H groups in total. The van der Waals surface area contributed by atoms with Crippen LogP contribution >= 0.6 is 34.7 Å². The first-order valence-corrected chi connectivity index (χ1v) is 10.4. The Labute approximate surface area is 170 Å². The Morgan fingerprint density at radius 2 is 2.07 bits per heavy atom. The second-order valence-corrected chi connectivity index (χ2v) is 8.49. The molecule has 0 spiro atoms. The van der Waals surface area contributed by atoms with Gasteiger partial charge >= 0.3 is 0 Å². The molecule has 3 rings (SSSR count). The lowest BCUT2D eigenvalue weighted by molar-refractivity contribution is -0.113. The first kappa shape index (κ1) is 19.7. The average Bonchev–Trinajstić information content (AvgIpc) is 2.92. The number of nitrogens with one attached hydrogen (secondary N) is 1. The Morgan fingerprint density at radius 3 is 2.74 bits per heavy atom. The molecule has 0 atom stereocenters. The van der Waals surface area contributed by atoms with Crippen molar-refractivity contribution in [3.8, 4) is 0 Å². The molecule has 0 aliphatic carbocycles. The van der Waals surface area contributed by atoms with E-state index in [1.807, 2.05) is 13.8 Å². The van der Waals surface area contributed by atoms with Crippen molar-refractivity contribution in [1.29, 1.82) is 0 Å². The predicted octanol–water partition coefficient (Wildman–Crippen LogP) is 4.65. The van der Waals surface area contributed by atoms with Crippen LogP contribution in [0.2, 0.25) is 5.02 Å². The van der Waals surface area contributed by atoms with Gasteiger partial charge in [-0.1, -0.05) is 29.4 Å².